The molecule has 1 unspecified atom stereocenters. The Morgan fingerprint density at radius 2 is 1.83 bits per heavy atom. The molecular weight excluding hydrogens is 322 g/mol. The molecule has 2 rings (SSSR count). The Labute approximate surface area is 135 Å². The summed E-state index contributed by atoms with van der Waals surface area (Å²) >= 11 is 0. The minimum absolute atomic E-state index is 0.138. The van der Waals surface area contributed by atoms with Gasteiger partial charge in [0.05, 0.1) is 5.56 Å². The van der Waals surface area contributed by atoms with Crippen molar-refractivity contribution in [2.24, 2.45) is 14.1 Å². The Morgan fingerprint density at radius 3 is 2.38 bits per heavy atom. The van der Waals surface area contributed by atoms with E-state index >= 15 is 0 Å². The quantitative estimate of drug-likeness (QED) is 0.841. The van der Waals surface area contributed by atoms with Crippen LogP contribution in [-0.4, -0.2) is 20.8 Å². The number of aromatic nitrogens is 2. The van der Waals surface area contributed by atoms with Gasteiger partial charge in [-0.15, -0.1) is 0 Å². The van der Waals surface area contributed by atoms with Crippen LogP contribution in [0.5, 0.6) is 0 Å². The number of nitrogens with zero attached hydrogens (tertiary/aromatic N) is 3. The lowest BCUT2D eigenvalue weighted by Gasteiger charge is -2.17. The number of aliphatic hydroxyl groups excluding tert-OH is 1. The summed E-state index contributed by atoms with van der Waals surface area (Å²) in [6, 6.07) is 4.83. The van der Waals surface area contributed by atoms with E-state index in [4.69, 9.17) is 5.26 Å². The molecule has 9 heteroatoms. The number of nitriles is 1. The molecule has 0 radical (unpaired) electrons. The zero-order valence-electron chi connectivity index (χ0n) is 12.9. The minimum atomic E-state index is -1.59. The van der Waals surface area contributed by atoms with Crippen molar-refractivity contribution in [3.8, 4) is 6.07 Å². The molecule has 0 amide bonds. The third-order valence-corrected chi connectivity index (χ3v) is 3.57. The Bertz CT molecular complexity index is 923. The van der Waals surface area contributed by atoms with Gasteiger partial charge in [0.25, 0.3) is 5.56 Å². The van der Waals surface area contributed by atoms with E-state index in [1.54, 1.807) is 6.07 Å². The highest BCUT2D eigenvalue weighted by Gasteiger charge is 2.20. The van der Waals surface area contributed by atoms with Crippen molar-refractivity contribution in [1.29, 1.82) is 5.26 Å². The maximum Gasteiger partial charge on any atom is 0.332 e. The molecule has 1 atom stereocenters. The monoisotopic (exact) mass is 336 g/mol. The van der Waals surface area contributed by atoms with E-state index in [0.717, 1.165) is 27.3 Å². The van der Waals surface area contributed by atoms with E-state index in [-0.39, 0.29) is 11.4 Å². The average Bonchev–Trinajstić information content (AvgIpc) is 2.54. The van der Waals surface area contributed by atoms with Gasteiger partial charge in [-0.3, -0.25) is 13.9 Å². The summed E-state index contributed by atoms with van der Waals surface area (Å²) in [4.78, 5) is 23.8. The second kappa shape index (κ2) is 6.64. The van der Waals surface area contributed by atoms with Gasteiger partial charge in [0.15, 0.2) is 5.56 Å². The molecule has 1 heterocycles. The summed E-state index contributed by atoms with van der Waals surface area (Å²) in [5.41, 5.74) is -2.39. The van der Waals surface area contributed by atoms with Crippen molar-refractivity contribution in [3.05, 3.63) is 61.8 Å². The molecule has 0 spiro atoms. The first-order valence-corrected chi connectivity index (χ1v) is 6.85. The van der Waals surface area contributed by atoms with Gasteiger partial charge in [0, 0.05) is 20.6 Å². The molecule has 0 aliphatic heterocycles. The highest BCUT2D eigenvalue weighted by atomic mass is 19.1. The zero-order chi connectivity index (χ0) is 18.0. The summed E-state index contributed by atoms with van der Waals surface area (Å²) in [7, 11) is 2.54. The summed E-state index contributed by atoms with van der Waals surface area (Å²) in [6.45, 7) is -0.410. The smallest absolute Gasteiger partial charge is 0.332 e. The maximum absolute atomic E-state index is 13.6. The number of rotatable bonds is 4. The number of halogens is 2. The van der Waals surface area contributed by atoms with Crippen LogP contribution in [0.1, 0.15) is 17.2 Å². The number of nitrogens with one attached hydrogen (secondary N) is 1. The van der Waals surface area contributed by atoms with Crippen molar-refractivity contribution in [3.63, 3.8) is 0 Å². The first kappa shape index (κ1) is 17.4. The molecule has 2 N–H and O–H groups in total. The summed E-state index contributed by atoms with van der Waals surface area (Å²) in [6.07, 6.45) is -1.59. The second-order valence-corrected chi connectivity index (χ2v) is 5.07. The Kier molecular flexibility index (Phi) is 4.80. The second-order valence-electron chi connectivity index (χ2n) is 5.07. The van der Waals surface area contributed by atoms with Crippen molar-refractivity contribution in [2.45, 2.75) is 6.10 Å². The van der Waals surface area contributed by atoms with Crippen LogP contribution in [0.15, 0.2) is 27.8 Å². The van der Waals surface area contributed by atoms with Crippen LogP contribution in [0.3, 0.4) is 0 Å². The lowest BCUT2D eigenvalue weighted by atomic mass is 10.1. The van der Waals surface area contributed by atoms with E-state index in [1.165, 1.54) is 14.1 Å². The summed E-state index contributed by atoms with van der Waals surface area (Å²) in [5.74, 6) is -1.99. The molecule has 126 valence electrons. The van der Waals surface area contributed by atoms with Crippen LogP contribution in [-0.2, 0) is 14.1 Å². The molecule has 1 aromatic heterocycles. The molecular formula is C15H14F2N4O3. The van der Waals surface area contributed by atoms with Crippen LogP contribution in [0, 0.1) is 23.0 Å². The number of hydrogen-bond donors (Lipinski definition) is 2. The van der Waals surface area contributed by atoms with Gasteiger partial charge in [-0.1, -0.05) is 6.07 Å². The lowest BCUT2D eigenvalue weighted by molar-refractivity contribution is 0.181. The maximum atomic E-state index is 13.6. The Hall–Kier alpha value is -2.99. The molecule has 24 heavy (non-hydrogen) atoms. The van der Waals surface area contributed by atoms with Gasteiger partial charge < -0.3 is 10.4 Å². The van der Waals surface area contributed by atoms with Crippen LogP contribution in [0.25, 0.3) is 0 Å². The normalized spacial score (nSPS) is 11.8. The summed E-state index contributed by atoms with van der Waals surface area (Å²) in [5, 5.41) is 21.6. The first-order chi connectivity index (χ1) is 11.3. The molecule has 0 bridgehead atoms. The minimum Gasteiger partial charge on any atom is -0.386 e. The molecule has 0 aliphatic carbocycles. The predicted octanol–water partition coefficient (Wildman–Crippen LogP) is 0.379. The van der Waals surface area contributed by atoms with E-state index in [0.29, 0.717) is 0 Å². The average molecular weight is 336 g/mol. The van der Waals surface area contributed by atoms with Crippen LogP contribution >= 0.6 is 0 Å². The third kappa shape index (κ3) is 2.91. The van der Waals surface area contributed by atoms with Crippen LogP contribution in [0.2, 0.25) is 0 Å². The van der Waals surface area contributed by atoms with E-state index in [2.05, 4.69) is 5.32 Å². The highest BCUT2D eigenvalue weighted by Crippen LogP contribution is 2.21. The molecule has 0 aliphatic rings. The fourth-order valence-corrected chi connectivity index (χ4v) is 2.28. The van der Waals surface area contributed by atoms with Gasteiger partial charge in [-0.05, 0) is 12.1 Å². The number of anilines is 1. The molecule has 1 aromatic carbocycles. The number of aliphatic hydroxyl groups is 1. The third-order valence-electron chi connectivity index (χ3n) is 3.57. The van der Waals surface area contributed by atoms with Crippen molar-refractivity contribution in [2.75, 3.05) is 11.9 Å². The van der Waals surface area contributed by atoms with Gasteiger partial charge in [0.1, 0.15) is 29.6 Å². The lowest BCUT2D eigenvalue weighted by Crippen LogP contribution is -2.40. The highest BCUT2D eigenvalue weighted by molar-refractivity contribution is 5.51. The zero-order valence-corrected chi connectivity index (χ0v) is 12.9. The van der Waals surface area contributed by atoms with E-state index in [1.807, 2.05) is 0 Å². The molecule has 2 aromatic rings. The fourth-order valence-electron chi connectivity index (χ4n) is 2.28. The van der Waals surface area contributed by atoms with Crippen LogP contribution < -0.4 is 16.6 Å². The van der Waals surface area contributed by atoms with Crippen molar-refractivity contribution >= 4 is 5.82 Å². The number of benzene rings is 1. The first-order valence-electron chi connectivity index (χ1n) is 6.85. The summed E-state index contributed by atoms with van der Waals surface area (Å²) < 4.78 is 29.1. The number of hydrogen-bond acceptors (Lipinski definition) is 5. The van der Waals surface area contributed by atoms with Crippen LogP contribution in [0.4, 0.5) is 14.6 Å². The molecule has 0 saturated carbocycles. The molecule has 0 saturated heterocycles. The SMILES string of the molecule is Cn1c(NCC(O)c2c(F)cccc2F)c(C#N)c(=O)n(C)c1=O. The van der Waals surface area contributed by atoms with Crippen molar-refractivity contribution in [1.82, 2.24) is 9.13 Å². The van der Waals surface area contributed by atoms with Gasteiger partial charge >= 0.3 is 5.69 Å². The van der Waals surface area contributed by atoms with E-state index in [9.17, 15) is 23.5 Å². The standard InChI is InChI=1S/C15H14F2N4O3/c1-20-13(8(6-18)14(23)21(2)15(20)24)19-7-11(22)12-9(16)4-3-5-10(12)17/h3-5,11,19,22H,7H2,1-2H3. The Morgan fingerprint density at radius 1 is 1.25 bits per heavy atom. The van der Waals surface area contributed by atoms with Gasteiger partial charge in [-0.25, -0.2) is 13.6 Å². The Balaban J connectivity index is 2.39. The topological polar surface area (TPSA) is 100 Å². The van der Waals surface area contributed by atoms with Gasteiger partial charge in [-0.2, -0.15) is 5.26 Å². The largest absolute Gasteiger partial charge is 0.386 e. The molecule has 7 nitrogen and oxygen atoms in total. The van der Waals surface area contributed by atoms with E-state index < -0.39 is 41.1 Å². The fraction of sp³-hybridized carbons (Fsp3) is 0.267. The predicted molar refractivity (Wildman–Crippen MR) is 81.4 cm³/mol. The van der Waals surface area contributed by atoms with Gasteiger partial charge in [0.2, 0.25) is 0 Å². The van der Waals surface area contributed by atoms with Crippen molar-refractivity contribution < 1.29 is 13.9 Å². The molecule has 0 fully saturated rings.